The van der Waals surface area contributed by atoms with Crippen LogP contribution in [-0.4, -0.2) is 53.6 Å². The molecule has 0 bridgehead atoms. The highest BCUT2D eigenvalue weighted by Gasteiger charge is 2.35. The van der Waals surface area contributed by atoms with Crippen molar-refractivity contribution in [1.82, 2.24) is 4.90 Å². The van der Waals surface area contributed by atoms with Gasteiger partial charge in [0.15, 0.2) is 9.84 Å². The summed E-state index contributed by atoms with van der Waals surface area (Å²) in [7, 11) is -3.20. The molecular weight excluding hydrogens is 294 g/mol. The van der Waals surface area contributed by atoms with Gasteiger partial charge in [0.2, 0.25) is 0 Å². The van der Waals surface area contributed by atoms with Gasteiger partial charge in [0.1, 0.15) is 5.75 Å². The fourth-order valence-corrected chi connectivity index (χ4v) is 4.36. The molecule has 0 aromatic heterocycles. The summed E-state index contributed by atoms with van der Waals surface area (Å²) >= 11 is 0. The van der Waals surface area contributed by atoms with Crippen LogP contribution in [0, 0.1) is 0 Å². The van der Waals surface area contributed by atoms with Crippen LogP contribution in [0.25, 0.3) is 0 Å². The number of carboxylic acid groups (broad SMARTS) is 1. The molecule has 116 valence electrons. The predicted octanol–water partition coefficient (Wildman–Crippen LogP) is 1.03. The number of phenolic OH excluding ortho intramolecular Hbond substituents is 1. The van der Waals surface area contributed by atoms with E-state index in [1.807, 2.05) is 11.8 Å². The number of phenols is 1. The van der Waals surface area contributed by atoms with Crippen LogP contribution in [0.5, 0.6) is 5.75 Å². The monoisotopic (exact) mass is 313 g/mol. The maximum absolute atomic E-state index is 11.7. The second-order valence-electron chi connectivity index (χ2n) is 5.34. The minimum atomic E-state index is -3.20. The zero-order valence-electron chi connectivity index (χ0n) is 11.8. The molecule has 1 aromatic carbocycles. The molecule has 1 aromatic rings. The predicted molar refractivity (Wildman–Crippen MR) is 77.9 cm³/mol. The quantitative estimate of drug-likeness (QED) is 0.862. The van der Waals surface area contributed by atoms with E-state index in [0.29, 0.717) is 5.56 Å². The lowest BCUT2D eigenvalue weighted by Crippen LogP contribution is -2.50. The summed E-state index contributed by atoms with van der Waals surface area (Å²) in [6.45, 7) is 2.12. The summed E-state index contributed by atoms with van der Waals surface area (Å²) < 4.78 is 23.5. The largest absolute Gasteiger partial charge is 0.508 e. The zero-order valence-corrected chi connectivity index (χ0v) is 12.6. The fourth-order valence-electron chi connectivity index (χ4n) is 2.81. The first kappa shape index (κ1) is 15.8. The third kappa shape index (κ3) is 3.74. The van der Waals surface area contributed by atoms with Gasteiger partial charge >= 0.3 is 5.97 Å². The van der Waals surface area contributed by atoms with E-state index in [9.17, 15) is 18.3 Å². The Bertz CT molecular complexity index is 628. The summed E-state index contributed by atoms with van der Waals surface area (Å²) in [6, 6.07) is 6.01. The summed E-state index contributed by atoms with van der Waals surface area (Å²) in [4.78, 5) is 12.8. The Morgan fingerprint density at radius 3 is 2.71 bits per heavy atom. The highest BCUT2D eigenvalue weighted by Crippen LogP contribution is 2.31. The third-order valence-corrected chi connectivity index (χ3v) is 5.57. The first-order chi connectivity index (χ1) is 9.80. The van der Waals surface area contributed by atoms with E-state index in [-0.39, 0.29) is 36.3 Å². The van der Waals surface area contributed by atoms with Crippen LogP contribution < -0.4 is 0 Å². The maximum Gasteiger partial charge on any atom is 0.304 e. The molecule has 1 heterocycles. The number of para-hydroxylation sites is 1. The molecule has 0 aliphatic carbocycles. The first-order valence-electron chi connectivity index (χ1n) is 6.76. The number of aromatic hydroxyl groups is 1. The molecule has 2 rings (SSSR count). The number of sulfone groups is 1. The molecule has 1 fully saturated rings. The Morgan fingerprint density at radius 2 is 2.10 bits per heavy atom. The van der Waals surface area contributed by atoms with Crippen molar-refractivity contribution in [2.75, 3.05) is 18.1 Å². The van der Waals surface area contributed by atoms with Crippen LogP contribution in [0.1, 0.15) is 24.9 Å². The number of carboxylic acids is 1. The molecule has 0 spiro atoms. The minimum absolute atomic E-state index is 0.0149. The molecule has 1 saturated heterocycles. The number of rotatable bonds is 4. The van der Waals surface area contributed by atoms with Crippen LogP contribution in [0.4, 0.5) is 0 Å². The summed E-state index contributed by atoms with van der Waals surface area (Å²) in [5.41, 5.74) is 0.673. The minimum Gasteiger partial charge on any atom is -0.508 e. The first-order valence-corrected chi connectivity index (χ1v) is 8.58. The third-order valence-electron chi connectivity index (χ3n) is 3.87. The van der Waals surface area contributed by atoms with E-state index in [2.05, 4.69) is 0 Å². The van der Waals surface area contributed by atoms with Crippen molar-refractivity contribution in [3.8, 4) is 5.75 Å². The van der Waals surface area contributed by atoms with E-state index >= 15 is 0 Å². The highest BCUT2D eigenvalue weighted by molar-refractivity contribution is 7.91. The standard InChI is InChI=1S/C14H19NO5S/c1-10(12-4-2-3-5-13(12)16)15-6-7-21(19,20)9-11(15)8-14(17)18/h2-5,10-11,16H,6-9H2,1H3,(H,17,18). The molecule has 21 heavy (non-hydrogen) atoms. The molecule has 2 N–H and O–H groups in total. The molecule has 2 unspecified atom stereocenters. The Balaban J connectivity index is 2.27. The summed E-state index contributed by atoms with van der Waals surface area (Å²) in [5, 5.41) is 18.9. The number of aliphatic carboxylic acids is 1. The van der Waals surface area contributed by atoms with Gasteiger partial charge in [-0.15, -0.1) is 0 Å². The van der Waals surface area contributed by atoms with Crippen molar-refractivity contribution >= 4 is 15.8 Å². The SMILES string of the molecule is CC(c1ccccc1O)N1CCS(=O)(=O)CC1CC(=O)O. The van der Waals surface area contributed by atoms with E-state index in [0.717, 1.165) is 0 Å². The molecule has 0 radical (unpaired) electrons. The lowest BCUT2D eigenvalue weighted by atomic mass is 10.0. The Morgan fingerprint density at radius 1 is 1.43 bits per heavy atom. The van der Waals surface area contributed by atoms with Crippen molar-refractivity contribution in [3.05, 3.63) is 29.8 Å². The molecule has 0 saturated carbocycles. The number of nitrogens with zero attached hydrogens (tertiary/aromatic N) is 1. The Labute approximate surface area is 123 Å². The normalized spacial score (nSPS) is 23.6. The molecule has 7 heteroatoms. The van der Waals surface area contributed by atoms with Gasteiger partial charge in [0.25, 0.3) is 0 Å². The van der Waals surface area contributed by atoms with Crippen molar-refractivity contribution in [2.24, 2.45) is 0 Å². The van der Waals surface area contributed by atoms with E-state index < -0.39 is 21.8 Å². The summed E-state index contributed by atoms with van der Waals surface area (Å²) in [6.07, 6.45) is -0.225. The van der Waals surface area contributed by atoms with Gasteiger partial charge in [-0.3, -0.25) is 9.69 Å². The smallest absolute Gasteiger partial charge is 0.304 e. The van der Waals surface area contributed by atoms with E-state index in [1.165, 1.54) is 0 Å². The van der Waals surface area contributed by atoms with Gasteiger partial charge in [-0.25, -0.2) is 8.42 Å². The average Bonchev–Trinajstić information content (AvgIpc) is 2.37. The van der Waals surface area contributed by atoms with Crippen LogP contribution in [-0.2, 0) is 14.6 Å². The van der Waals surface area contributed by atoms with Gasteiger partial charge in [-0.1, -0.05) is 18.2 Å². The fraction of sp³-hybridized carbons (Fsp3) is 0.500. The molecule has 2 atom stereocenters. The van der Waals surface area contributed by atoms with Crippen LogP contribution in [0.2, 0.25) is 0 Å². The molecule has 6 nitrogen and oxygen atoms in total. The van der Waals surface area contributed by atoms with Gasteiger partial charge < -0.3 is 10.2 Å². The van der Waals surface area contributed by atoms with Crippen molar-refractivity contribution in [2.45, 2.75) is 25.4 Å². The van der Waals surface area contributed by atoms with Gasteiger partial charge in [-0.2, -0.15) is 0 Å². The van der Waals surface area contributed by atoms with Crippen molar-refractivity contribution in [3.63, 3.8) is 0 Å². The topological polar surface area (TPSA) is 94.9 Å². The molecular formula is C14H19NO5S. The molecule has 0 amide bonds. The Kier molecular flexibility index (Phi) is 4.53. The lowest BCUT2D eigenvalue weighted by molar-refractivity contribution is -0.138. The van der Waals surface area contributed by atoms with Crippen LogP contribution in [0.3, 0.4) is 0 Å². The number of benzene rings is 1. The number of hydrogen-bond donors (Lipinski definition) is 2. The lowest BCUT2D eigenvalue weighted by Gasteiger charge is -2.39. The van der Waals surface area contributed by atoms with Gasteiger partial charge in [0.05, 0.1) is 17.9 Å². The second kappa shape index (κ2) is 6.03. The van der Waals surface area contributed by atoms with Crippen LogP contribution >= 0.6 is 0 Å². The maximum atomic E-state index is 11.7. The van der Waals surface area contributed by atoms with Gasteiger partial charge in [-0.05, 0) is 13.0 Å². The van der Waals surface area contributed by atoms with Crippen molar-refractivity contribution in [1.29, 1.82) is 0 Å². The zero-order chi connectivity index (χ0) is 15.6. The molecule has 1 aliphatic rings. The van der Waals surface area contributed by atoms with E-state index in [4.69, 9.17) is 5.11 Å². The molecule has 1 aliphatic heterocycles. The van der Waals surface area contributed by atoms with Crippen molar-refractivity contribution < 1.29 is 23.4 Å². The number of hydrogen-bond acceptors (Lipinski definition) is 5. The second-order valence-corrected chi connectivity index (χ2v) is 7.57. The average molecular weight is 313 g/mol. The Hall–Kier alpha value is -1.60. The van der Waals surface area contributed by atoms with Gasteiger partial charge in [0, 0.05) is 24.2 Å². The van der Waals surface area contributed by atoms with E-state index in [1.54, 1.807) is 24.3 Å². The highest BCUT2D eigenvalue weighted by atomic mass is 32.2. The number of carbonyl (C=O) groups is 1. The van der Waals surface area contributed by atoms with Crippen LogP contribution in [0.15, 0.2) is 24.3 Å². The summed E-state index contributed by atoms with van der Waals surface area (Å²) in [5.74, 6) is -1.03.